The van der Waals surface area contributed by atoms with Gasteiger partial charge in [-0.1, -0.05) is 0 Å². The van der Waals surface area contributed by atoms with E-state index in [1.165, 1.54) is 7.11 Å². The van der Waals surface area contributed by atoms with Crippen molar-refractivity contribution in [3.05, 3.63) is 10.6 Å². The highest BCUT2D eigenvalue weighted by molar-refractivity contribution is 6.31. The summed E-state index contributed by atoms with van der Waals surface area (Å²) >= 11 is 11.0. The Morgan fingerprint density at radius 1 is 1.36 bits per heavy atom. The number of nitrogens with one attached hydrogen (secondary N) is 1. The van der Waals surface area contributed by atoms with Crippen LogP contribution in [0.3, 0.4) is 0 Å². The van der Waals surface area contributed by atoms with Crippen LogP contribution in [0.15, 0.2) is 0 Å². The molecule has 0 radical (unpaired) electrons. The lowest BCUT2D eigenvalue weighted by Gasteiger charge is -2.02. The molecule has 0 fully saturated rings. The lowest BCUT2D eigenvalue weighted by atomic mass is 10.6. The van der Waals surface area contributed by atoms with Crippen molar-refractivity contribution < 1.29 is 9.53 Å². The van der Waals surface area contributed by atoms with Gasteiger partial charge in [0.1, 0.15) is 6.54 Å². The molecule has 0 aliphatic heterocycles. The molecule has 0 bridgehead atoms. The van der Waals surface area contributed by atoms with Crippen LogP contribution in [-0.2, 0) is 9.53 Å². The van der Waals surface area contributed by atoms with Gasteiger partial charge in [0, 0.05) is 0 Å². The van der Waals surface area contributed by atoms with Gasteiger partial charge in [-0.3, -0.25) is 4.79 Å². The van der Waals surface area contributed by atoms with Crippen LogP contribution in [0, 0.1) is 0 Å². The maximum absolute atomic E-state index is 10.7. The molecule has 0 atom stereocenters. The number of hydrogen-bond acceptors (Lipinski definition) is 6. The van der Waals surface area contributed by atoms with Gasteiger partial charge in [-0.25, -0.2) is 0 Å². The molecule has 1 aromatic heterocycles. The largest absolute Gasteiger partial charge is 0.468 e. The van der Waals surface area contributed by atoms with Crippen LogP contribution in [0.5, 0.6) is 0 Å². The van der Waals surface area contributed by atoms with Gasteiger partial charge in [-0.2, -0.15) is 15.0 Å². The van der Waals surface area contributed by atoms with Crippen LogP contribution in [-0.4, -0.2) is 34.6 Å². The van der Waals surface area contributed by atoms with Gasteiger partial charge in [0.2, 0.25) is 16.5 Å². The van der Waals surface area contributed by atoms with Crippen LogP contribution in [0.1, 0.15) is 0 Å². The maximum Gasteiger partial charge on any atom is 0.325 e. The summed E-state index contributed by atoms with van der Waals surface area (Å²) in [5, 5.41) is 2.48. The van der Waals surface area contributed by atoms with Crippen molar-refractivity contribution in [3.63, 3.8) is 0 Å². The van der Waals surface area contributed by atoms with Crippen molar-refractivity contribution in [2.45, 2.75) is 0 Å². The Balaban J connectivity index is 2.63. The van der Waals surface area contributed by atoms with E-state index in [4.69, 9.17) is 23.2 Å². The molecule has 1 heterocycles. The van der Waals surface area contributed by atoms with E-state index in [9.17, 15) is 4.79 Å². The fraction of sp³-hybridized carbons (Fsp3) is 0.333. The zero-order chi connectivity index (χ0) is 10.6. The first kappa shape index (κ1) is 10.9. The average molecular weight is 237 g/mol. The van der Waals surface area contributed by atoms with Gasteiger partial charge in [0.25, 0.3) is 0 Å². The topological polar surface area (TPSA) is 77.0 Å². The van der Waals surface area contributed by atoms with Crippen molar-refractivity contribution in [2.24, 2.45) is 0 Å². The molecule has 1 aromatic rings. The molecule has 1 N–H and O–H groups in total. The monoisotopic (exact) mass is 236 g/mol. The minimum absolute atomic E-state index is 0.0441. The van der Waals surface area contributed by atoms with Gasteiger partial charge in [-0.15, -0.1) is 0 Å². The normalized spacial score (nSPS) is 9.64. The van der Waals surface area contributed by atoms with E-state index in [0.29, 0.717) is 0 Å². The smallest absolute Gasteiger partial charge is 0.325 e. The molecular weight excluding hydrogens is 231 g/mol. The molecule has 0 aliphatic carbocycles. The molecule has 1 rings (SSSR count). The predicted molar refractivity (Wildman–Crippen MR) is 50.4 cm³/mol. The van der Waals surface area contributed by atoms with E-state index in [1.54, 1.807) is 0 Å². The molecule has 0 saturated heterocycles. The SMILES string of the molecule is COC(=O)CNc1nc(Cl)nc(Cl)n1. The summed E-state index contributed by atoms with van der Waals surface area (Å²) in [6.07, 6.45) is 0. The molecular formula is C6H6Cl2N4O2. The van der Waals surface area contributed by atoms with Gasteiger partial charge in [0.05, 0.1) is 7.11 Å². The number of halogens is 2. The minimum Gasteiger partial charge on any atom is -0.468 e. The number of carbonyl (C=O) groups is 1. The second kappa shape index (κ2) is 4.92. The first-order valence-electron chi connectivity index (χ1n) is 3.49. The molecule has 0 spiro atoms. The zero-order valence-electron chi connectivity index (χ0n) is 7.12. The van der Waals surface area contributed by atoms with Crippen LogP contribution in [0.2, 0.25) is 10.6 Å². The van der Waals surface area contributed by atoms with Gasteiger partial charge in [-0.05, 0) is 23.2 Å². The van der Waals surface area contributed by atoms with Crippen molar-refractivity contribution in [3.8, 4) is 0 Å². The molecule has 76 valence electrons. The van der Waals surface area contributed by atoms with E-state index >= 15 is 0 Å². The number of carbonyl (C=O) groups excluding carboxylic acids is 1. The number of methoxy groups -OCH3 is 1. The molecule has 0 unspecified atom stereocenters. The summed E-state index contributed by atoms with van der Waals surface area (Å²) in [6.45, 7) is -0.0623. The van der Waals surface area contributed by atoms with Crippen molar-refractivity contribution >= 4 is 35.1 Å². The Hall–Kier alpha value is -1.14. The number of aromatic nitrogens is 3. The quantitative estimate of drug-likeness (QED) is 0.782. The van der Waals surface area contributed by atoms with E-state index in [-0.39, 0.29) is 23.1 Å². The number of esters is 1. The fourth-order valence-electron chi connectivity index (χ4n) is 0.628. The third-order valence-corrected chi connectivity index (χ3v) is 1.54. The Bertz CT molecular complexity index is 326. The van der Waals surface area contributed by atoms with E-state index in [2.05, 4.69) is 25.0 Å². The number of hydrogen-bond donors (Lipinski definition) is 1. The van der Waals surface area contributed by atoms with Gasteiger partial charge < -0.3 is 10.1 Å². The van der Waals surface area contributed by atoms with Crippen molar-refractivity contribution in [1.29, 1.82) is 0 Å². The summed E-state index contributed by atoms with van der Waals surface area (Å²) in [5.41, 5.74) is 0. The first-order chi connectivity index (χ1) is 6.61. The van der Waals surface area contributed by atoms with E-state index < -0.39 is 5.97 Å². The van der Waals surface area contributed by atoms with E-state index in [0.717, 1.165) is 0 Å². The summed E-state index contributed by atoms with van der Waals surface area (Å²) in [5.74, 6) is -0.321. The second-order valence-corrected chi connectivity index (χ2v) is 2.80. The molecule has 0 amide bonds. The van der Waals surface area contributed by atoms with Crippen LogP contribution < -0.4 is 5.32 Å². The van der Waals surface area contributed by atoms with E-state index in [1.807, 2.05) is 0 Å². The number of rotatable bonds is 3. The summed E-state index contributed by atoms with van der Waals surface area (Å²) in [4.78, 5) is 21.6. The third-order valence-electron chi connectivity index (χ3n) is 1.20. The molecule has 0 aliphatic rings. The number of anilines is 1. The van der Waals surface area contributed by atoms with Crippen LogP contribution in [0.25, 0.3) is 0 Å². The zero-order valence-corrected chi connectivity index (χ0v) is 8.63. The highest BCUT2D eigenvalue weighted by Crippen LogP contribution is 2.08. The Morgan fingerprint density at radius 2 is 1.93 bits per heavy atom. The number of nitrogens with zero attached hydrogens (tertiary/aromatic N) is 3. The molecule has 0 saturated carbocycles. The Kier molecular flexibility index (Phi) is 3.84. The first-order valence-corrected chi connectivity index (χ1v) is 4.25. The number of ether oxygens (including phenoxy) is 1. The van der Waals surface area contributed by atoms with Crippen LogP contribution >= 0.6 is 23.2 Å². The molecule has 14 heavy (non-hydrogen) atoms. The van der Waals surface area contributed by atoms with Gasteiger partial charge >= 0.3 is 5.97 Å². The lowest BCUT2D eigenvalue weighted by molar-refractivity contribution is -0.138. The fourth-order valence-corrected chi connectivity index (χ4v) is 0.992. The minimum atomic E-state index is -0.447. The molecule has 8 heteroatoms. The lowest BCUT2D eigenvalue weighted by Crippen LogP contribution is -2.16. The van der Waals surface area contributed by atoms with Crippen LogP contribution in [0.4, 0.5) is 5.95 Å². The maximum atomic E-state index is 10.7. The van der Waals surface area contributed by atoms with Gasteiger partial charge in [0.15, 0.2) is 0 Å². The summed E-state index contributed by atoms with van der Waals surface area (Å²) in [6, 6.07) is 0. The summed E-state index contributed by atoms with van der Waals surface area (Å²) in [7, 11) is 1.28. The third kappa shape index (κ3) is 3.31. The summed E-state index contributed by atoms with van der Waals surface area (Å²) < 4.78 is 4.39. The van der Waals surface area contributed by atoms with Crippen molar-refractivity contribution in [1.82, 2.24) is 15.0 Å². The Labute approximate surface area is 89.6 Å². The highest BCUT2D eigenvalue weighted by atomic mass is 35.5. The van der Waals surface area contributed by atoms with Crippen molar-refractivity contribution in [2.75, 3.05) is 19.0 Å². The molecule has 6 nitrogen and oxygen atoms in total. The Morgan fingerprint density at radius 3 is 2.43 bits per heavy atom. The highest BCUT2D eigenvalue weighted by Gasteiger charge is 2.04. The molecule has 0 aromatic carbocycles. The predicted octanol–water partition coefficient (Wildman–Crippen LogP) is 0.763. The average Bonchev–Trinajstić information content (AvgIpc) is 2.12. The standard InChI is InChI=1S/C6H6Cl2N4O2/c1-14-3(13)2-9-6-11-4(7)10-5(8)12-6/h2H2,1H3,(H,9,10,11,12). The second-order valence-electron chi connectivity index (χ2n) is 2.13.